The number of likely N-dealkylation sites (tertiary alicyclic amines) is 1. The number of nitrogens with two attached hydrogens (primary N) is 1. The van der Waals surface area contributed by atoms with Crippen LogP contribution in [0.2, 0.25) is 5.02 Å². The molecule has 0 radical (unpaired) electrons. The summed E-state index contributed by atoms with van der Waals surface area (Å²) in [6.45, 7) is 12.1. The molecule has 0 aliphatic carbocycles. The quantitative estimate of drug-likeness (QED) is 0.426. The van der Waals surface area contributed by atoms with Crippen molar-refractivity contribution in [2.45, 2.75) is 44.2 Å². The van der Waals surface area contributed by atoms with E-state index in [0.717, 1.165) is 61.0 Å². The Morgan fingerprint density at radius 2 is 2.06 bits per heavy atom. The van der Waals surface area contributed by atoms with E-state index < -0.39 is 5.60 Å². The van der Waals surface area contributed by atoms with Gasteiger partial charge in [0.2, 0.25) is 0 Å². The van der Waals surface area contributed by atoms with Crippen molar-refractivity contribution in [2.75, 3.05) is 46.6 Å². The van der Waals surface area contributed by atoms with Crippen LogP contribution in [0, 0.1) is 0 Å². The molecule has 0 saturated carbocycles. The molecule has 2 fully saturated rings. The Hall–Kier alpha value is -1.97. The topological polar surface area (TPSA) is 96.8 Å². The maximum atomic E-state index is 6.70. The van der Waals surface area contributed by atoms with Crippen LogP contribution in [0.3, 0.4) is 0 Å². The zero-order chi connectivity index (χ0) is 25.4. The maximum absolute atomic E-state index is 6.70. The lowest BCUT2D eigenvalue weighted by molar-refractivity contribution is -0.0712. The van der Waals surface area contributed by atoms with Crippen LogP contribution in [0.4, 0.5) is 5.69 Å². The minimum absolute atomic E-state index is 0.252. The molecule has 8 nitrogen and oxygen atoms in total. The van der Waals surface area contributed by atoms with Crippen molar-refractivity contribution < 1.29 is 9.47 Å². The van der Waals surface area contributed by atoms with Gasteiger partial charge in [-0.05, 0) is 70.1 Å². The molecule has 1 aromatic rings. The van der Waals surface area contributed by atoms with Crippen molar-refractivity contribution in [1.82, 2.24) is 10.2 Å². The number of allylic oxidation sites excluding steroid dienone is 1. The molecule has 2 heterocycles. The van der Waals surface area contributed by atoms with Crippen molar-refractivity contribution in [1.29, 1.82) is 0 Å². The van der Waals surface area contributed by atoms with E-state index in [0.29, 0.717) is 24.2 Å². The first-order valence-electron chi connectivity index (χ1n) is 11.8. The van der Waals surface area contributed by atoms with E-state index >= 15 is 0 Å². The van der Waals surface area contributed by atoms with Gasteiger partial charge in [0.25, 0.3) is 0 Å². The molecule has 2 saturated heterocycles. The van der Waals surface area contributed by atoms with E-state index in [1.165, 1.54) is 6.20 Å². The number of hydrogen-bond acceptors (Lipinski definition) is 8. The summed E-state index contributed by atoms with van der Waals surface area (Å²) < 4.78 is 10.7. The molecule has 1 aromatic carbocycles. The predicted molar refractivity (Wildman–Crippen MR) is 146 cm³/mol. The van der Waals surface area contributed by atoms with Gasteiger partial charge in [0, 0.05) is 30.1 Å². The van der Waals surface area contributed by atoms with Gasteiger partial charge in [-0.25, -0.2) is 0 Å². The van der Waals surface area contributed by atoms with E-state index in [1.807, 2.05) is 26.0 Å². The molecule has 35 heavy (non-hydrogen) atoms. The molecule has 0 spiro atoms. The first-order valence-corrected chi connectivity index (χ1v) is 12.6. The number of benzene rings is 1. The normalized spacial score (nSPS) is 19.2. The molecule has 2 aliphatic rings. The molecular weight excluding hydrogens is 487 g/mol. The second kappa shape index (κ2) is 12.8. The molecule has 192 valence electrons. The Morgan fingerprint density at radius 3 is 2.63 bits per heavy atom. The molecular formula is C25H36Cl2N6O2. The summed E-state index contributed by atoms with van der Waals surface area (Å²) in [7, 11) is 1.63. The molecule has 0 amide bonds. The average molecular weight is 524 g/mol. The Kier molecular flexibility index (Phi) is 10.1. The van der Waals surface area contributed by atoms with Crippen molar-refractivity contribution in [3.63, 3.8) is 0 Å². The van der Waals surface area contributed by atoms with Crippen LogP contribution in [0.15, 0.2) is 39.0 Å². The van der Waals surface area contributed by atoms with Crippen LogP contribution in [0.5, 0.6) is 0 Å². The molecule has 0 aromatic heterocycles. The SMILES string of the molecule is C=Nc1cc(C2CCN(C3COC3)CC2)c(Cl)cc1/C=N\CN/C(=C/N)C(Cl)=NCC(C)(C)OC. The van der Waals surface area contributed by atoms with E-state index in [2.05, 4.69) is 31.9 Å². The van der Waals surface area contributed by atoms with Gasteiger partial charge < -0.3 is 20.5 Å². The second-order valence-corrected chi connectivity index (χ2v) is 10.2. The van der Waals surface area contributed by atoms with Crippen molar-refractivity contribution in [2.24, 2.45) is 20.7 Å². The van der Waals surface area contributed by atoms with E-state index in [-0.39, 0.29) is 11.8 Å². The Balaban J connectivity index is 1.59. The number of nitrogens with zero attached hydrogens (tertiary/aromatic N) is 4. The summed E-state index contributed by atoms with van der Waals surface area (Å²) in [4.78, 5) is 15.5. The number of ether oxygens (including phenoxy) is 2. The monoisotopic (exact) mass is 522 g/mol. The number of methoxy groups -OCH3 is 1. The number of aliphatic imine (C=N–C) groups is 3. The second-order valence-electron chi connectivity index (χ2n) is 9.39. The Bertz CT molecular complexity index is 967. The van der Waals surface area contributed by atoms with Crippen molar-refractivity contribution in [3.8, 4) is 0 Å². The van der Waals surface area contributed by atoms with E-state index in [9.17, 15) is 0 Å². The number of halogens is 2. The van der Waals surface area contributed by atoms with Gasteiger partial charge in [-0.1, -0.05) is 23.2 Å². The predicted octanol–water partition coefficient (Wildman–Crippen LogP) is 4.08. The first kappa shape index (κ1) is 27.6. The first-order chi connectivity index (χ1) is 16.8. The molecule has 0 unspecified atom stereocenters. The van der Waals surface area contributed by atoms with E-state index in [1.54, 1.807) is 13.3 Å². The summed E-state index contributed by atoms with van der Waals surface area (Å²) in [5, 5.41) is 4.07. The van der Waals surface area contributed by atoms with Gasteiger partial charge in [0.05, 0.1) is 42.8 Å². The van der Waals surface area contributed by atoms with Crippen LogP contribution in [0.1, 0.15) is 43.7 Å². The van der Waals surface area contributed by atoms with Gasteiger partial charge in [-0.3, -0.25) is 19.9 Å². The molecule has 10 heteroatoms. The number of rotatable bonds is 11. The fourth-order valence-corrected chi connectivity index (χ4v) is 4.56. The minimum atomic E-state index is -0.417. The van der Waals surface area contributed by atoms with Crippen LogP contribution in [-0.2, 0) is 9.47 Å². The molecule has 3 N–H and O–H groups in total. The highest BCUT2D eigenvalue weighted by Gasteiger charge is 2.30. The van der Waals surface area contributed by atoms with Crippen molar-refractivity contribution >= 4 is 47.0 Å². The van der Waals surface area contributed by atoms with Crippen LogP contribution in [-0.4, -0.2) is 81.3 Å². The summed E-state index contributed by atoms with van der Waals surface area (Å²) in [6.07, 6.45) is 5.23. The van der Waals surface area contributed by atoms with Gasteiger partial charge in [0.15, 0.2) is 0 Å². The summed E-state index contributed by atoms with van der Waals surface area (Å²) in [6, 6.07) is 4.54. The number of piperidine rings is 1. The third-order valence-corrected chi connectivity index (χ3v) is 7.20. The zero-order valence-electron chi connectivity index (χ0n) is 20.8. The summed E-state index contributed by atoms with van der Waals surface area (Å²) in [5.41, 5.74) is 8.48. The maximum Gasteiger partial charge on any atom is 0.148 e. The highest BCUT2D eigenvalue weighted by Crippen LogP contribution is 2.37. The standard InChI is InChI=1S/C25H36Cl2N6O2/c1-25(2,34-4)15-31-24(27)23(11-28)32-16-30-12-18-9-21(26)20(10-22(18)29-3)17-5-7-33(8-6-17)19-13-35-14-19/h9-12,17,19,32H,3,5-8,13-16,28H2,1-2,4H3/b23-11+,30-12-,31-24?. The third kappa shape index (κ3) is 7.51. The fourth-order valence-electron chi connectivity index (χ4n) is 4.04. The zero-order valence-corrected chi connectivity index (χ0v) is 22.3. The largest absolute Gasteiger partial charge is 0.403 e. The summed E-state index contributed by atoms with van der Waals surface area (Å²) in [5.74, 6) is 0.412. The fraction of sp³-hybridized carbons (Fsp3) is 0.560. The summed E-state index contributed by atoms with van der Waals surface area (Å²) >= 11 is 13.0. The van der Waals surface area contributed by atoms with Crippen LogP contribution >= 0.6 is 23.2 Å². The lowest BCUT2D eigenvalue weighted by atomic mass is 9.87. The highest BCUT2D eigenvalue weighted by atomic mass is 35.5. The number of nitrogens with one attached hydrogen (secondary N) is 1. The van der Waals surface area contributed by atoms with Gasteiger partial charge in [-0.15, -0.1) is 0 Å². The van der Waals surface area contributed by atoms with Gasteiger partial charge >= 0.3 is 0 Å². The van der Waals surface area contributed by atoms with Crippen molar-refractivity contribution in [3.05, 3.63) is 40.2 Å². The lowest BCUT2D eigenvalue weighted by Gasteiger charge is -2.41. The molecule has 0 bridgehead atoms. The third-order valence-electron chi connectivity index (χ3n) is 6.55. The average Bonchev–Trinajstić information content (AvgIpc) is 2.82. The Morgan fingerprint density at radius 1 is 1.34 bits per heavy atom. The van der Waals surface area contributed by atoms with E-state index in [4.69, 9.17) is 38.4 Å². The number of hydrogen-bond donors (Lipinski definition) is 2. The van der Waals surface area contributed by atoms with Crippen LogP contribution < -0.4 is 11.1 Å². The molecule has 0 atom stereocenters. The molecule has 3 rings (SSSR count). The Labute approximate surface area is 218 Å². The van der Waals surface area contributed by atoms with Gasteiger partial charge in [0.1, 0.15) is 11.8 Å². The highest BCUT2D eigenvalue weighted by molar-refractivity contribution is 6.69. The van der Waals surface area contributed by atoms with Crippen LogP contribution in [0.25, 0.3) is 0 Å². The minimum Gasteiger partial charge on any atom is -0.403 e. The molecule has 2 aliphatic heterocycles. The smallest absolute Gasteiger partial charge is 0.148 e. The van der Waals surface area contributed by atoms with Gasteiger partial charge in [-0.2, -0.15) is 0 Å². The lowest BCUT2D eigenvalue weighted by Crippen LogP contribution is -2.51.